The molecule has 0 saturated heterocycles. The van der Waals surface area contributed by atoms with Crippen LogP contribution in [0.15, 0.2) is 18.3 Å². The number of carbonyl (C=O) groups excluding carboxylic acids is 1. The molecule has 112 valence electrons. The third kappa shape index (κ3) is 3.04. The lowest BCUT2D eigenvalue weighted by Crippen LogP contribution is -2.17. The fraction of sp³-hybridized carbons (Fsp3) is 0.400. The molecule has 1 N–H and O–H groups in total. The van der Waals surface area contributed by atoms with Gasteiger partial charge < -0.3 is 10.1 Å². The summed E-state index contributed by atoms with van der Waals surface area (Å²) in [5.41, 5.74) is 2.37. The van der Waals surface area contributed by atoms with Gasteiger partial charge in [-0.05, 0) is 32.4 Å². The molecule has 6 nitrogen and oxygen atoms in total. The van der Waals surface area contributed by atoms with Crippen LogP contribution in [0.2, 0.25) is 0 Å². The first kappa shape index (κ1) is 15.0. The molecule has 0 bridgehead atoms. The Morgan fingerprint density at radius 1 is 1.43 bits per heavy atom. The first-order valence-corrected chi connectivity index (χ1v) is 7.00. The first-order valence-electron chi connectivity index (χ1n) is 7.00. The third-order valence-corrected chi connectivity index (χ3v) is 3.23. The van der Waals surface area contributed by atoms with Gasteiger partial charge in [-0.15, -0.1) is 0 Å². The van der Waals surface area contributed by atoms with Crippen LogP contribution in [0, 0.1) is 6.92 Å². The van der Waals surface area contributed by atoms with Gasteiger partial charge >= 0.3 is 0 Å². The van der Waals surface area contributed by atoms with Crippen LogP contribution < -0.4 is 10.1 Å². The zero-order valence-corrected chi connectivity index (χ0v) is 12.8. The van der Waals surface area contributed by atoms with Gasteiger partial charge in [-0.2, -0.15) is 5.10 Å². The van der Waals surface area contributed by atoms with E-state index in [1.807, 2.05) is 27.8 Å². The maximum atomic E-state index is 12.5. The topological polar surface area (TPSA) is 69.0 Å². The lowest BCUT2D eigenvalue weighted by Gasteiger charge is -2.10. The van der Waals surface area contributed by atoms with Crippen LogP contribution in [0.25, 0.3) is 0 Å². The molecule has 0 atom stereocenters. The normalized spacial score (nSPS) is 10.5. The molecule has 21 heavy (non-hydrogen) atoms. The van der Waals surface area contributed by atoms with Crippen molar-refractivity contribution in [2.45, 2.75) is 27.2 Å². The van der Waals surface area contributed by atoms with Crippen LogP contribution in [0.3, 0.4) is 0 Å². The second kappa shape index (κ2) is 6.39. The van der Waals surface area contributed by atoms with Crippen molar-refractivity contribution in [3.05, 3.63) is 35.2 Å². The number of anilines is 1. The van der Waals surface area contributed by atoms with Crippen molar-refractivity contribution in [3.8, 4) is 5.88 Å². The van der Waals surface area contributed by atoms with Crippen molar-refractivity contribution in [3.63, 3.8) is 0 Å². The summed E-state index contributed by atoms with van der Waals surface area (Å²) in [6, 6.07) is 3.41. The van der Waals surface area contributed by atoms with E-state index in [1.165, 1.54) is 0 Å². The predicted octanol–water partition coefficient (Wildman–Crippen LogP) is 2.34. The van der Waals surface area contributed by atoms with Crippen LogP contribution in [0.5, 0.6) is 5.88 Å². The van der Waals surface area contributed by atoms with Crippen LogP contribution >= 0.6 is 0 Å². The summed E-state index contributed by atoms with van der Waals surface area (Å²) in [6.07, 6.45) is 2.41. The Labute approximate surface area is 124 Å². The van der Waals surface area contributed by atoms with Gasteiger partial charge in [0.25, 0.3) is 5.91 Å². The van der Waals surface area contributed by atoms with E-state index in [0.29, 0.717) is 23.9 Å². The molecule has 2 heterocycles. The molecule has 0 aliphatic rings. The molecule has 0 fully saturated rings. The highest BCUT2D eigenvalue weighted by Crippen LogP contribution is 2.22. The second-order valence-electron chi connectivity index (χ2n) is 4.63. The Bertz CT molecular complexity index is 649. The van der Waals surface area contributed by atoms with Gasteiger partial charge in [0.05, 0.1) is 12.3 Å². The number of rotatable bonds is 5. The van der Waals surface area contributed by atoms with Gasteiger partial charge in [0.2, 0.25) is 5.88 Å². The molecular weight excluding hydrogens is 268 g/mol. The highest BCUT2D eigenvalue weighted by atomic mass is 16.5. The molecule has 2 rings (SSSR count). The fourth-order valence-electron chi connectivity index (χ4n) is 2.27. The summed E-state index contributed by atoms with van der Waals surface area (Å²) in [5, 5.41) is 7.25. The monoisotopic (exact) mass is 288 g/mol. The minimum atomic E-state index is -0.246. The SMILES string of the molecule is CCOc1ncccc1C(=O)Nc1c(CC)c(C)nn1C. The number of carbonyl (C=O) groups is 1. The molecule has 1 amide bonds. The Balaban J connectivity index is 2.31. The van der Waals surface area contributed by atoms with E-state index < -0.39 is 0 Å². The standard InChI is InChI=1S/C15H20N4O2/c1-5-11-10(3)18-19(4)13(11)17-14(20)12-8-7-9-16-15(12)21-6-2/h7-9H,5-6H2,1-4H3,(H,17,20). The van der Waals surface area contributed by atoms with E-state index in [9.17, 15) is 4.79 Å². The van der Waals surface area contributed by atoms with Gasteiger partial charge in [0, 0.05) is 18.8 Å². The zero-order valence-electron chi connectivity index (χ0n) is 12.8. The van der Waals surface area contributed by atoms with Gasteiger partial charge in [-0.25, -0.2) is 4.98 Å². The molecule has 0 radical (unpaired) electrons. The molecule has 0 saturated carbocycles. The van der Waals surface area contributed by atoms with Crippen LogP contribution in [-0.2, 0) is 13.5 Å². The lowest BCUT2D eigenvalue weighted by molar-refractivity contribution is 0.102. The van der Waals surface area contributed by atoms with E-state index in [1.54, 1.807) is 23.0 Å². The van der Waals surface area contributed by atoms with Crippen molar-refractivity contribution < 1.29 is 9.53 Å². The molecule has 6 heteroatoms. The average Bonchev–Trinajstić information content (AvgIpc) is 2.73. The van der Waals surface area contributed by atoms with Crippen LogP contribution in [0.4, 0.5) is 5.82 Å². The first-order chi connectivity index (χ1) is 10.1. The van der Waals surface area contributed by atoms with Crippen LogP contribution in [0.1, 0.15) is 35.5 Å². The summed E-state index contributed by atoms with van der Waals surface area (Å²) >= 11 is 0. The Kier molecular flexibility index (Phi) is 4.57. The molecule has 0 unspecified atom stereocenters. The van der Waals surface area contributed by atoms with Gasteiger partial charge in [-0.3, -0.25) is 9.48 Å². The van der Waals surface area contributed by atoms with E-state index >= 15 is 0 Å². The van der Waals surface area contributed by atoms with E-state index in [4.69, 9.17) is 4.74 Å². The van der Waals surface area contributed by atoms with Crippen molar-refractivity contribution in [2.24, 2.45) is 7.05 Å². The van der Waals surface area contributed by atoms with Gasteiger partial charge in [0.15, 0.2) is 0 Å². The molecule has 2 aromatic heterocycles. The highest BCUT2D eigenvalue weighted by molar-refractivity contribution is 6.05. The number of aryl methyl sites for hydroxylation is 2. The number of hydrogen-bond acceptors (Lipinski definition) is 4. The van der Waals surface area contributed by atoms with Crippen LogP contribution in [-0.4, -0.2) is 27.3 Å². The zero-order chi connectivity index (χ0) is 15.4. The Morgan fingerprint density at radius 2 is 2.19 bits per heavy atom. The largest absolute Gasteiger partial charge is 0.477 e. The van der Waals surface area contributed by atoms with Crippen molar-refractivity contribution in [2.75, 3.05) is 11.9 Å². The summed E-state index contributed by atoms with van der Waals surface area (Å²) in [4.78, 5) is 16.6. The average molecular weight is 288 g/mol. The van der Waals surface area contributed by atoms with Crippen molar-refractivity contribution >= 4 is 11.7 Å². The quantitative estimate of drug-likeness (QED) is 0.917. The molecular formula is C15H20N4O2. The minimum Gasteiger partial charge on any atom is -0.477 e. The minimum absolute atomic E-state index is 0.246. The third-order valence-electron chi connectivity index (χ3n) is 3.23. The number of pyridine rings is 1. The molecule has 2 aromatic rings. The Hall–Kier alpha value is -2.37. The summed E-state index contributed by atoms with van der Waals surface area (Å²) in [7, 11) is 1.81. The lowest BCUT2D eigenvalue weighted by atomic mass is 10.2. The fourth-order valence-corrected chi connectivity index (χ4v) is 2.27. The number of nitrogens with one attached hydrogen (secondary N) is 1. The van der Waals surface area contributed by atoms with E-state index in [2.05, 4.69) is 15.4 Å². The maximum Gasteiger partial charge on any atom is 0.262 e. The molecule has 0 aliphatic carbocycles. The number of aromatic nitrogens is 3. The Morgan fingerprint density at radius 3 is 2.86 bits per heavy atom. The maximum absolute atomic E-state index is 12.5. The predicted molar refractivity (Wildman–Crippen MR) is 80.7 cm³/mol. The van der Waals surface area contributed by atoms with Gasteiger partial charge in [0.1, 0.15) is 11.4 Å². The van der Waals surface area contributed by atoms with Crippen molar-refractivity contribution in [1.29, 1.82) is 0 Å². The van der Waals surface area contributed by atoms with Gasteiger partial charge in [-0.1, -0.05) is 6.92 Å². The smallest absolute Gasteiger partial charge is 0.262 e. The number of nitrogens with zero attached hydrogens (tertiary/aromatic N) is 3. The van der Waals surface area contributed by atoms with Crippen molar-refractivity contribution in [1.82, 2.24) is 14.8 Å². The number of hydrogen-bond donors (Lipinski definition) is 1. The van der Waals surface area contributed by atoms with E-state index in [0.717, 1.165) is 17.7 Å². The molecule has 0 aromatic carbocycles. The molecule has 0 aliphatic heterocycles. The van der Waals surface area contributed by atoms with E-state index in [-0.39, 0.29) is 5.91 Å². The highest BCUT2D eigenvalue weighted by Gasteiger charge is 2.18. The second-order valence-corrected chi connectivity index (χ2v) is 4.63. The molecule has 0 spiro atoms. The summed E-state index contributed by atoms with van der Waals surface area (Å²) < 4.78 is 7.08. The number of ether oxygens (including phenoxy) is 1. The summed E-state index contributed by atoms with van der Waals surface area (Å²) in [5.74, 6) is 0.810. The number of amides is 1. The summed E-state index contributed by atoms with van der Waals surface area (Å²) in [6.45, 7) is 6.29.